The Hall–Kier alpha value is -1.75. The number of carbonyl (C=O) groups is 1. The van der Waals surface area contributed by atoms with Crippen LogP contribution in [-0.2, 0) is 0 Å². The molecule has 1 aliphatic rings. The number of aliphatic hydroxyl groups excluding tert-OH is 1. The first-order valence-electron chi connectivity index (χ1n) is 6.56. The molecular weight excluding hydrogens is 244 g/mol. The van der Waals surface area contributed by atoms with Crippen molar-refractivity contribution in [2.24, 2.45) is 0 Å². The molecule has 0 saturated heterocycles. The summed E-state index contributed by atoms with van der Waals surface area (Å²) in [5, 5.41) is 12.3. The van der Waals surface area contributed by atoms with Gasteiger partial charge in [0.25, 0.3) is 5.91 Å². The number of aliphatic hydroxyl groups is 1. The molecule has 0 unspecified atom stereocenters. The topological polar surface area (TPSA) is 84.6 Å². The quantitative estimate of drug-likeness (QED) is 0.700. The molecule has 1 aromatic carbocycles. The molecule has 0 heterocycles. The molecule has 1 amide bonds. The number of nitrogens with one attached hydrogen (secondary N) is 1. The van der Waals surface area contributed by atoms with Crippen molar-refractivity contribution < 1.29 is 14.6 Å². The predicted molar refractivity (Wildman–Crippen MR) is 73.2 cm³/mol. The van der Waals surface area contributed by atoms with Gasteiger partial charge in [-0.1, -0.05) is 6.07 Å². The summed E-state index contributed by atoms with van der Waals surface area (Å²) in [4.78, 5) is 12.3. The summed E-state index contributed by atoms with van der Waals surface area (Å²) < 4.78 is 5.44. The van der Waals surface area contributed by atoms with Crippen LogP contribution in [0, 0.1) is 0 Å². The van der Waals surface area contributed by atoms with E-state index in [1.807, 2.05) is 6.92 Å². The van der Waals surface area contributed by atoms with Crippen LogP contribution in [0.5, 0.6) is 5.75 Å². The Balaban J connectivity index is 2.21. The second kappa shape index (κ2) is 5.48. The number of nitrogens with two attached hydrogens (primary N) is 1. The third kappa shape index (κ3) is 2.66. The highest BCUT2D eigenvalue weighted by Crippen LogP contribution is 2.33. The van der Waals surface area contributed by atoms with Crippen LogP contribution in [0.1, 0.15) is 36.5 Å². The summed E-state index contributed by atoms with van der Waals surface area (Å²) in [6, 6.07) is 5.10. The second-order valence-corrected chi connectivity index (χ2v) is 4.90. The second-order valence-electron chi connectivity index (χ2n) is 4.90. The van der Waals surface area contributed by atoms with E-state index in [1.54, 1.807) is 18.2 Å². The van der Waals surface area contributed by atoms with Gasteiger partial charge in [0.05, 0.1) is 30.0 Å². The summed E-state index contributed by atoms with van der Waals surface area (Å²) in [7, 11) is 0. The molecule has 0 radical (unpaired) electrons. The Morgan fingerprint density at radius 2 is 2.26 bits per heavy atom. The molecule has 0 atom stereocenters. The van der Waals surface area contributed by atoms with Crippen LogP contribution in [-0.4, -0.2) is 29.8 Å². The molecule has 0 aliphatic heterocycles. The van der Waals surface area contributed by atoms with E-state index in [-0.39, 0.29) is 12.5 Å². The van der Waals surface area contributed by atoms with E-state index >= 15 is 0 Å². The molecule has 4 N–H and O–H groups in total. The molecular formula is C14H20N2O3. The van der Waals surface area contributed by atoms with Gasteiger partial charge in [-0.15, -0.1) is 0 Å². The maximum Gasteiger partial charge on any atom is 0.255 e. The molecule has 1 saturated carbocycles. The zero-order valence-corrected chi connectivity index (χ0v) is 11.1. The highest BCUT2D eigenvalue weighted by Gasteiger charge is 2.38. The maximum absolute atomic E-state index is 12.3. The standard InChI is InChI=1S/C14H20N2O3/c1-2-19-12-10(5-3-6-11(12)15)13(18)16-14(9-17)7-4-8-14/h3,5-6,17H,2,4,7-9,15H2,1H3,(H,16,18). The van der Waals surface area contributed by atoms with Gasteiger partial charge < -0.3 is 20.9 Å². The number of hydrogen-bond donors (Lipinski definition) is 3. The van der Waals surface area contributed by atoms with Crippen LogP contribution < -0.4 is 15.8 Å². The number of ether oxygens (including phenoxy) is 1. The first-order valence-corrected chi connectivity index (χ1v) is 6.56. The van der Waals surface area contributed by atoms with Crippen molar-refractivity contribution in [2.75, 3.05) is 18.9 Å². The molecule has 1 aliphatic carbocycles. The number of carbonyl (C=O) groups excluding carboxylic acids is 1. The van der Waals surface area contributed by atoms with E-state index in [0.29, 0.717) is 23.6 Å². The number of amides is 1. The smallest absolute Gasteiger partial charge is 0.255 e. The molecule has 19 heavy (non-hydrogen) atoms. The van der Waals surface area contributed by atoms with Gasteiger partial charge in [-0.2, -0.15) is 0 Å². The minimum absolute atomic E-state index is 0.0367. The van der Waals surface area contributed by atoms with Gasteiger partial charge in [0, 0.05) is 0 Å². The molecule has 0 spiro atoms. The maximum atomic E-state index is 12.3. The number of hydrogen-bond acceptors (Lipinski definition) is 4. The first-order chi connectivity index (χ1) is 9.12. The normalized spacial score (nSPS) is 16.5. The lowest BCUT2D eigenvalue weighted by atomic mass is 9.77. The number of anilines is 1. The van der Waals surface area contributed by atoms with Crippen LogP contribution in [0.15, 0.2) is 18.2 Å². The summed E-state index contributed by atoms with van der Waals surface area (Å²) in [5.74, 6) is 0.166. The van der Waals surface area contributed by atoms with Crippen LogP contribution >= 0.6 is 0 Å². The Morgan fingerprint density at radius 1 is 1.53 bits per heavy atom. The van der Waals surface area contributed by atoms with Gasteiger partial charge >= 0.3 is 0 Å². The van der Waals surface area contributed by atoms with Crippen molar-refractivity contribution in [3.05, 3.63) is 23.8 Å². The molecule has 5 nitrogen and oxygen atoms in total. The molecule has 2 rings (SSSR count). The Bertz CT molecular complexity index is 464. The van der Waals surface area contributed by atoms with Gasteiger partial charge in [-0.05, 0) is 38.3 Å². The summed E-state index contributed by atoms with van der Waals surface area (Å²) in [6.45, 7) is 2.25. The Kier molecular flexibility index (Phi) is 3.95. The third-order valence-corrected chi connectivity index (χ3v) is 3.57. The van der Waals surface area contributed by atoms with Crippen molar-refractivity contribution in [2.45, 2.75) is 31.7 Å². The summed E-state index contributed by atoms with van der Waals surface area (Å²) >= 11 is 0. The highest BCUT2D eigenvalue weighted by atomic mass is 16.5. The van der Waals surface area contributed by atoms with E-state index in [9.17, 15) is 9.90 Å². The van der Waals surface area contributed by atoms with Crippen LogP contribution in [0.4, 0.5) is 5.69 Å². The Labute approximate surface area is 112 Å². The number of benzene rings is 1. The van der Waals surface area contributed by atoms with E-state index in [1.165, 1.54) is 0 Å². The van der Waals surface area contributed by atoms with Crippen molar-refractivity contribution in [3.8, 4) is 5.75 Å². The lowest BCUT2D eigenvalue weighted by Crippen LogP contribution is -2.56. The van der Waals surface area contributed by atoms with Crippen LogP contribution in [0.2, 0.25) is 0 Å². The van der Waals surface area contributed by atoms with Crippen molar-refractivity contribution in [3.63, 3.8) is 0 Å². The molecule has 0 bridgehead atoms. The fraction of sp³-hybridized carbons (Fsp3) is 0.500. The molecule has 1 fully saturated rings. The number of rotatable bonds is 5. The van der Waals surface area contributed by atoms with Gasteiger partial charge in [0.15, 0.2) is 5.75 Å². The molecule has 104 valence electrons. The van der Waals surface area contributed by atoms with E-state index in [4.69, 9.17) is 10.5 Å². The minimum Gasteiger partial charge on any atom is -0.491 e. The predicted octanol–water partition coefficient (Wildman–Crippen LogP) is 1.31. The Morgan fingerprint density at radius 3 is 2.79 bits per heavy atom. The SMILES string of the molecule is CCOc1c(N)cccc1C(=O)NC1(CO)CCC1. The van der Waals surface area contributed by atoms with Gasteiger partial charge in [-0.25, -0.2) is 0 Å². The third-order valence-electron chi connectivity index (χ3n) is 3.57. The van der Waals surface area contributed by atoms with Gasteiger partial charge in [0.1, 0.15) is 0 Å². The molecule has 1 aromatic rings. The van der Waals surface area contributed by atoms with Gasteiger partial charge in [0.2, 0.25) is 0 Å². The lowest BCUT2D eigenvalue weighted by Gasteiger charge is -2.41. The number of nitrogen functional groups attached to an aromatic ring is 1. The number of para-hydroxylation sites is 1. The fourth-order valence-electron chi connectivity index (χ4n) is 2.27. The summed E-state index contributed by atoms with van der Waals surface area (Å²) in [6.07, 6.45) is 2.64. The van der Waals surface area contributed by atoms with E-state index in [2.05, 4.69) is 5.32 Å². The minimum atomic E-state index is -0.467. The van der Waals surface area contributed by atoms with Gasteiger partial charge in [-0.3, -0.25) is 4.79 Å². The molecule has 5 heteroatoms. The van der Waals surface area contributed by atoms with Crippen LogP contribution in [0.25, 0.3) is 0 Å². The van der Waals surface area contributed by atoms with Crippen LogP contribution in [0.3, 0.4) is 0 Å². The first kappa shape index (κ1) is 13.7. The largest absolute Gasteiger partial charge is 0.491 e. The lowest BCUT2D eigenvalue weighted by molar-refractivity contribution is 0.0639. The molecule has 0 aromatic heterocycles. The average molecular weight is 264 g/mol. The average Bonchev–Trinajstić information content (AvgIpc) is 2.36. The van der Waals surface area contributed by atoms with E-state index in [0.717, 1.165) is 19.3 Å². The summed E-state index contributed by atoms with van der Waals surface area (Å²) in [5.41, 5.74) is 6.23. The zero-order valence-electron chi connectivity index (χ0n) is 11.1. The van der Waals surface area contributed by atoms with Crippen molar-refractivity contribution in [1.82, 2.24) is 5.32 Å². The van der Waals surface area contributed by atoms with E-state index < -0.39 is 5.54 Å². The fourth-order valence-corrected chi connectivity index (χ4v) is 2.27. The highest BCUT2D eigenvalue weighted by molar-refractivity contribution is 5.99. The monoisotopic (exact) mass is 264 g/mol. The van der Waals surface area contributed by atoms with Crippen molar-refractivity contribution in [1.29, 1.82) is 0 Å². The zero-order chi connectivity index (χ0) is 13.9. The van der Waals surface area contributed by atoms with Crippen molar-refractivity contribution >= 4 is 11.6 Å².